The number of anilines is 1. The lowest BCUT2D eigenvalue weighted by Crippen LogP contribution is -2.48. The second-order valence-electron chi connectivity index (χ2n) is 7.15. The average Bonchev–Trinajstić information content (AvgIpc) is 3.19. The lowest BCUT2D eigenvalue weighted by Gasteiger charge is -2.37. The third kappa shape index (κ3) is 5.84. The number of hydrazone groups is 1. The highest BCUT2D eigenvalue weighted by Crippen LogP contribution is 2.21. The van der Waals surface area contributed by atoms with Crippen molar-refractivity contribution in [2.24, 2.45) is 16.0 Å². The zero-order chi connectivity index (χ0) is 21.2. The quantitative estimate of drug-likeness (QED) is 0.324. The van der Waals surface area contributed by atoms with Gasteiger partial charge in [-0.1, -0.05) is 0 Å². The van der Waals surface area contributed by atoms with E-state index in [0.717, 1.165) is 45.0 Å². The van der Waals surface area contributed by atoms with Crippen LogP contribution in [0.2, 0.25) is 0 Å². The summed E-state index contributed by atoms with van der Waals surface area (Å²) in [6, 6.07) is 10.5. The van der Waals surface area contributed by atoms with Gasteiger partial charge in [-0.25, -0.2) is 4.99 Å². The van der Waals surface area contributed by atoms with E-state index in [1.807, 2.05) is 17.1 Å². The summed E-state index contributed by atoms with van der Waals surface area (Å²) in [5.74, 6) is 0.525. The van der Waals surface area contributed by atoms with Gasteiger partial charge in [-0.2, -0.15) is 10.4 Å². The molecule has 1 aromatic rings. The van der Waals surface area contributed by atoms with Crippen molar-refractivity contribution in [3.8, 4) is 11.8 Å². The number of aliphatic imine (C=N–C) groups is 1. The van der Waals surface area contributed by atoms with E-state index >= 15 is 0 Å². The van der Waals surface area contributed by atoms with Crippen molar-refractivity contribution in [3.63, 3.8) is 0 Å². The highest BCUT2D eigenvalue weighted by Gasteiger charge is 2.30. The fraction of sp³-hybridized carbons (Fsp3) is 0.571. The van der Waals surface area contributed by atoms with E-state index < -0.39 is 0 Å². The molecule has 3 rings (SSSR count). The van der Waals surface area contributed by atoms with Crippen LogP contribution in [0.25, 0.3) is 0 Å². The summed E-state index contributed by atoms with van der Waals surface area (Å²) in [7, 11) is 3.22. The molecule has 9 heteroatoms. The van der Waals surface area contributed by atoms with Gasteiger partial charge in [0.1, 0.15) is 18.3 Å². The summed E-state index contributed by atoms with van der Waals surface area (Å²) in [5.41, 5.74) is 1.21. The van der Waals surface area contributed by atoms with Crippen LogP contribution in [0.3, 0.4) is 0 Å². The van der Waals surface area contributed by atoms with Gasteiger partial charge in [0.2, 0.25) is 0 Å². The average molecular weight is 415 g/mol. The Kier molecular flexibility index (Phi) is 8.30. The zero-order valence-electron chi connectivity index (χ0n) is 17.7. The first-order chi connectivity index (χ1) is 14.7. The van der Waals surface area contributed by atoms with Crippen molar-refractivity contribution < 1.29 is 14.2 Å². The Balaban J connectivity index is 1.43. The van der Waals surface area contributed by atoms with E-state index in [-0.39, 0.29) is 12.1 Å². The summed E-state index contributed by atoms with van der Waals surface area (Å²) in [6.07, 6.45) is 2.74. The Labute approximate surface area is 178 Å². The molecule has 2 heterocycles. The fourth-order valence-electron chi connectivity index (χ4n) is 3.54. The molecule has 0 spiro atoms. The minimum atomic E-state index is -0.338. The van der Waals surface area contributed by atoms with E-state index in [0.29, 0.717) is 13.2 Å². The molecule has 2 atom stereocenters. The molecule has 2 aliphatic heterocycles. The van der Waals surface area contributed by atoms with Crippen LogP contribution in [0.4, 0.5) is 5.69 Å². The van der Waals surface area contributed by atoms with Crippen LogP contribution in [0.15, 0.2) is 34.4 Å². The van der Waals surface area contributed by atoms with Gasteiger partial charge in [-0.05, 0) is 24.3 Å². The molecule has 0 bridgehead atoms. The molecule has 1 aromatic carbocycles. The number of hydrogen-bond acceptors (Lipinski definition) is 9. The van der Waals surface area contributed by atoms with Crippen LogP contribution in [0.5, 0.6) is 5.75 Å². The second kappa shape index (κ2) is 11.4. The number of methoxy groups -OCH3 is 2. The monoisotopic (exact) mass is 414 g/mol. The lowest BCUT2D eigenvalue weighted by atomic mass is 10.1. The van der Waals surface area contributed by atoms with Crippen molar-refractivity contribution in [3.05, 3.63) is 24.3 Å². The van der Waals surface area contributed by atoms with Crippen molar-refractivity contribution in [2.75, 3.05) is 71.6 Å². The first-order valence-electron chi connectivity index (χ1n) is 10.2. The largest absolute Gasteiger partial charge is 0.491 e. The van der Waals surface area contributed by atoms with E-state index in [9.17, 15) is 5.26 Å². The number of nitrogens with zero attached hydrogens (tertiary/aromatic N) is 6. The van der Waals surface area contributed by atoms with Crippen molar-refractivity contribution in [2.45, 2.75) is 6.17 Å². The molecule has 9 nitrogen and oxygen atoms in total. The molecule has 0 aromatic heterocycles. The zero-order valence-corrected chi connectivity index (χ0v) is 17.7. The number of rotatable bonds is 10. The summed E-state index contributed by atoms with van der Waals surface area (Å²) in [5, 5.41) is 15.5. The van der Waals surface area contributed by atoms with Crippen LogP contribution in [-0.2, 0) is 9.47 Å². The lowest BCUT2D eigenvalue weighted by molar-refractivity contribution is 0.146. The summed E-state index contributed by atoms with van der Waals surface area (Å²) in [4.78, 5) is 9.12. The fourth-order valence-corrected chi connectivity index (χ4v) is 3.54. The second-order valence-corrected chi connectivity index (χ2v) is 7.15. The SMILES string of the molecule is COC=NC1C(C#N)C=NN1CCN1CCN(c2ccc(OCCOC)cc2)CC1. The van der Waals surface area contributed by atoms with Gasteiger partial charge in [0.05, 0.1) is 26.3 Å². The van der Waals surface area contributed by atoms with E-state index in [1.165, 1.54) is 12.1 Å². The van der Waals surface area contributed by atoms with Gasteiger partial charge in [0, 0.05) is 51.7 Å². The summed E-state index contributed by atoms with van der Waals surface area (Å²) in [6.45, 7) is 6.67. The molecule has 0 amide bonds. The summed E-state index contributed by atoms with van der Waals surface area (Å²) >= 11 is 0. The molecule has 0 saturated carbocycles. The maximum Gasteiger partial charge on any atom is 0.171 e. The molecular formula is C21H30N6O3. The molecule has 1 saturated heterocycles. The molecule has 2 aliphatic rings. The molecular weight excluding hydrogens is 384 g/mol. The van der Waals surface area contributed by atoms with Crippen LogP contribution in [-0.4, -0.2) is 95.4 Å². The number of nitriles is 1. The van der Waals surface area contributed by atoms with E-state index in [1.54, 1.807) is 20.4 Å². The van der Waals surface area contributed by atoms with Crippen LogP contribution in [0, 0.1) is 17.2 Å². The van der Waals surface area contributed by atoms with Gasteiger partial charge in [-0.15, -0.1) is 0 Å². The Morgan fingerprint density at radius 1 is 1.13 bits per heavy atom. The summed E-state index contributed by atoms with van der Waals surface area (Å²) < 4.78 is 15.5. The third-order valence-corrected chi connectivity index (χ3v) is 5.25. The minimum Gasteiger partial charge on any atom is -0.491 e. The van der Waals surface area contributed by atoms with Crippen LogP contribution < -0.4 is 9.64 Å². The van der Waals surface area contributed by atoms with E-state index in [4.69, 9.17) is 14.2 Å². The number of ether oxygens (including phenoxy) is 3. The molecule has 0 N–H and O–H groups in total. The smallest absolute Gasteiger partial charge is 0.171 e. The predicted molar refractivity (Wildman–Crippen MR) is 116 cm³/mol. The van der Waals surface area contributed by atoms with Gasteiger partial charge in [0.25, 0.3) is 0 Å². The van der Waals surface area contributed by atoms with Crippen LogP contribution >= 0.6 is 0 Å². The number of hydrogen-bond donors (Lipinski definition) is 0. The number of piperazine rings is 1. The molecule has 162 valence electrons. The molecule has 0 radical (unpaired) electrons. The molecule has 2 unspecified atom stereocenters. The predicted octanol–water partition coefficient (Wildman–Crippen LogP) is 1.28. The standard InChI is InChI=1S/C21H30N6O3/c1-28-13-14-30-20-5-3-19(4-6-20)26-10-7-25(8-11-26)9-12-27-21(23-17-29-2)18(15-22)16-24-27/h3-6,16-18,21H,7-14H2,1-2H3. The van der Waals surface area contributed by atoms with Crippen LogP contribution in [0.1, 0.15) is 0 Å². The van der Waals surface area contributed by atoms with Crippen molar-refractivity contribution in [1.29, 1.82) is 5.26 Å². The van der Waals surface area contributed by atoms with Crippen molar-refractivity contribution in [1.82, 2.24) is 9.91 Å². The maximum absolute atomic E-state index is 9.27. The highest BCUT2D eigenvalue weighted by molar-refractivity contribution is 5.67. The van der Waals surface area contributed by atoms with Gasteiger partial charge >= 0.3 is 0 Å². The molecule has 1 fully saturated rings. The molecule has 0 aliphatic carbocycles. The van der Waals surface area contributed by atoms with Crippen molar-refractivity contribution >= 4 is 18.3 Å². The Morgan fingerprint density at radius 3 is 2.57 bits per heavy atom. The number of benzene rings is 1. The van der Waals surface area contributed by atoms with Gasteiger partial charge in [-0.3, -0.25) is 9.91 Å². The third-order valence-electron chi connectivity index (χ3n) is 5.25. The minimum absolute atomic E-state index is 0.305. The Bertz CT molecular complexity index is 740. The van der Waals surface area contributed by atoms with E-state index in [2.05, 4.69) is 38.1 Å². The Hall–Kier alpha value is -2.83. The Morgan fingerprint density at radius 2 is 1.90 bits per heavy atom. The highest BCUT2D eigenvalue weighted by atomic mass is 16.5. The molecule has 30 heavy (non-hydrogen) atoms. The van der Waals surface area contributed by atoms with Gasteiger partial charge < -0.3 is 19.1 Å². The van der Waals surface area contributed by atoms with Gasteiger partial charge in [0.15, 0.2) is 12.6 Å². The maximum atomic E-state index is 9.27. The normalized spacial score (nSPS) is 21.9. The first kappa shape index (κ1) is 21.9. The topological polar surface area (TPSA) is 85.9 Å². The first-order valence-corrected chi connectivity index (χ1v) is 10.2.